The lowest BCUT2D eigenvalue weighted by Crippen LogP contribution is -2.29. The van der Waals surface area contributed by atoms with Crippen molar-refractivity contribution in [2.75, 3.05) is 18.4 Å². The maximum atomic E-state index is 13.4. The van der Waals surface area contributed by atoms with Crippen LogP contribution in [0.4, 0.5) is 14.5 Å². The number of hydrogen-bond donors (Lipinski definition) is 2. The van der Waals surface area contributed by atoms with Gasteiger partial charge < -0.3 is 15.1 Å². The van der Waals surface area contributed by atoms with Crippen LogP contribution in [0, 0.1) is 6.20 Å². The van der Waals surface area contributed by atoms with E-state index in [1.54, 1.807) is 12.1 Å². The molecule has 0 aliphatic carbocycles. The van der Waals surface area contributed by atoms with Crippen molar-refractivity contribution in [2.24, 2.45) is 0 Å². The fraction of sp³-hybridized carbons (Fsp3) is 0.333. The Labute approximate surface area is 159 Å². The first kappa shape index (κ1) is 18.2. The lowest BCUT2D eigenvalue weighted by Gasteiger charge is -2.22. The molecule has 1 aliphatic heterocycles. The van der Waals surface area contributed by atoms with E-state index in [4.69, 9.17) is 4.42 Å². The average molecular weight is 387 g/mol. The monoisotopic (exact) mass is 387 g/mol. The molecule has 0 saturated carbocycles. The molecule has 0 atom stereocenters. The molecule has 10 heteroatoms. The highest BCUT2D eigenvalue weighted by atomic mass is 19.3. The molecule has 0 unspecified atom stereocenters. The summed E-state index contributed by atoms with van der Waals surface area (Å²) in [7, 11) is 0. The molecule has 28 heavy (non-hydrogen) atoms. The van der Waals surface area contributed by atoms with Gasteiger partial charge in [0.2, 0.25) is 5.89 Å². The molecule has 4 rings (SSSR count). The smallest absolute Gasteiger partial charge is 0.284 e. The molecule has 0 bridgehead atoms. The van der Waals surface area contributed by atoms with Gasteiger partial charge in [0.1, 0.15) is 6.26 Å². The zero-order chi connectivity index (χ0) is 19.5. The largest absolute Gasteiger partial charge is 0.444 e. The first-order valence-electron chi connectivity index (χ1n) is 8.79. The van der Waals surface area contributed by atoms with Gasteiger partial charge in [-0.2, -0.15) is 5.10 Å². The van der Waals surface area contributed by atoms with Gasteiger partial charge in [0, 0.05) is 18.0 Å². The summed E-state index contributed by atoms with van der Waals surface area (Å²) >= 11 is 0. The number of oxazole rings is 1. The van der Waals surface area contributed by atoms with Gasteiger partial charge >= 0.3 is 0 Å². The van der Waals surface area contributed by atoms with E-state index >= 15 is 0 Å². The summed E-state index contributed by atoms with van der Waals surface area (Å²) in [6, 6.07) is 3.24. The van der Waals surface area contributed by atoms with E-state index in [0.29, 0.717) is 5.56 Å². The van der Waals surface area contributed by atoms with E-state index in [9.17, 15) is 13.6 Å². The minimum atomic E-state index is -2.81. The summed E-state index contributed by atoms with van der Waals surface area (Å²) < 4.78 is 33.6. The molecule has 4 heterocycles. The molecule has 0 aromatic carbocycles. The number of amides is 1. The average Bonchev–Trinajstić information content (AvgIpc) is 3.37. The first-order chi connectivity index (χ1) is 13.6. The second-order valence-corrected chi connectivity index (χ2v) is 6.36. The zero-order valence-corrected chi connectivity index (χ0v) is 14.7. The Bertz CT molecular complexity index is 950. The molecule has 145 valence electrons. The van der Waals surface area contributed by atoms with Gasteiger partial charge in [0.25, 0.3) is 12.3 Å². The Kier molecular flexibility index (Phi) is 5.11. The predicted octanol–water partition coefficient (Wildman–Crippen LogP) is 2.85. The number of hydrogen-bond acceptors (Lipinski definition) is 6. The van der Waals surface area contributed by atoms with E-state index in [2.05, 4.69) is 31.9 Å². The van der Waals surface area contributed by atoms with E-state index in [1.165, 1.54) is 23.3 Å². The van der Waals surface area contributed by atoms with Gasteiger partial charge in [-0.3, -0.25) is 14.5 Å². The minimum absolute atomic E-state index is 0.0194. The lowest BCUT2D eigenvalue weighted by atomic mass is 10.1. The number of alkyl halides is 2. The number of halogens is 2. The number of pyridine rings is 1. The van der Waals surface area contributed by atoms with E-state index in [1.807, 2.05) is 0 Å². The van der Waals surface area contributed by atoms with E-state index in [-0.39, 0.29) is 23.3 Å². The summed E-state index contributed by atoms with van der Waals surface area (Å²) in [6.07, 6.45) is 5.55. The van der Waals surface area contributed by atoms with Crippen molar-refractivity contribution in [1.29, 1.82) is 0 Å². The van der Waals surface area contributed by atoms with Crippen LogP contribution in [0.1, 0.15) is 41.5 Å². The van der Waals surface area contributed by atoms with Crippen LogP contribution in [0.3, 0.4) is 0 Å². The highest BCUT2D eigenvalue weighted by Crippen LogP contribution is 2.29. The predicted molar refractivity (Wildman–Crippen MR) is 94.8 cm³/mol. The number of aromatic nitrogens is 4. The lowest BCUT2D eigenvalue weighted by molar-refractivity contribution is 0.102. The molecule has 1 radical (unpaired) electrons. The summed E-state index contributed by atoms with van der Waals surface area (Å²) in [5, 5.41) is 9.69. The third-order valence-electron chi connectivity index (χ3n) is 4.51. The van der Waals surface area contributed by atoms with Crippen LogP contribution in [0.15, 0.2) is 35.2 Å². The summed E-state index contributed by atoms with van der Waals surface area (Å²) in [4.78, 5) is 20.3. The van der Waals surface area contributed by atoms with Crippen LogP contribution in [0.5, 0.6) is 0 Å². The van der Waals surface area contributed by atoms with Gasteiger partial charge in [-0.1, -0.05) is 0 Å². The third kappa shape index (κ3) is 3.77. The summed E-state index contributed by atoms with van der Waals surface area (Å²) in [5.41, 5.74) is 0.0855. The summed E-state index contributed by atoms with van der Waals surface area (Å²) in [5.74, 6) is -0.442. The molecule has 0 spiro atoms. The van der Waals surface area contributed by atoms with Crippen LogP contribution < -0.4 is 10.6 Å². The number of carbonyl (C=O) groups excluding carboxylic acids is 1. The van der Waals surface area contributed by atoms with Gasteiger partial charge in [0.15, 0.2) is 11.4 Å². The third-order valence-corrected chi connectivity index (χ3v) is 4.51. The Balaban J connectivity index is 1.54. The highest BCUT2D eigenvalue weighted by molar-refractivity contribution is 6.03. The van der Waals surface area contributed by atoms with E-state index < -0.39 is 18.0 Å². The van der Waals surface area contributed by atoms with Gasteiger partial charge in [-0.05, 0) is 38.1 Å². The molecule has 1 fully saturated rings. The van der Waals surface area contributed by atoms with Gasteiger partial charge in [-0.15, -0.1) is 0 Å². The van der Waals surface area contributed by atoms with Crippen molar-refractivity contribution in [1.82, 2.24) is 25.1 Å². The molecule has 1 amide bonds. The van der Waals surface area contributed by atoms with Crippen molar-refractivity contribution in [3.05, 3.63) is 48.4 Å². The molecule has 8 nitrogen and oxygen atoms in total. The maximum Gasteiger partial charge on any atom is 0.284 e. The normalized spacial score (nSPS) is 15.1. The fourth-order valence-corrected chi connectivity index (χ4v) is 3.07. The second kappa shape index (κ2) is 7.85. The Morgan fingerprint density at radius 1 is 1.39 bits per heavy atom. The highest BCUT2D eigenvalue weighted by Gasteiger charge is 2.25. The number of anilines is 1. The van der Waals surface area contributed by atoms with Gasteiger partial charge in [-0.25, -0.2) is 13.8 Å². The van der Waals surface area contributed by atoms with Crippen molar-refractivity contribution < 1.29 is 18.0 Å². The van der Waals surface area contributed by atoms with Crippen LogP contribution in [-0.2, 0) is 0 Å². The van der Waals surface area contributed by atoms with Crippen molar-refractivity contribution in [3.8, 4) is 11.5 Å². The molecular formula is C18H17F2N6O2. The number of carbonyl (C=O) groups is 1. The SMILES string of the molecule is O=C(Nc1cn(C2CCNCC2)nc1C(F)F)c1coc(-c2c[c]ncc2)n1. The molecule has 3 aromatic rings. The number of rotatable bonds is 5. The Morgan fingerprint density at radius 3 is 2.93 bits per heavy atom. The van der Waals surface area contributed by atoms with Crippen LogP contribution in [0.25, 0.3) is 11.5 Å². The van der Waals surface area contributed by atoms with Crippen molar-refractivity contribution >= 4 is 11.6 Å². The number of nitrogens with one attached hydrogen (secondary N) is 2. The molecule has 3 aromatic heterocycles. The standard InChI is InChI=1S/C18H17F2N6O2/c19-16(20)15-13(9-26(25-15)12-3-7-22-8-4-12)23-17(27)14-10-28-18(24-14)11-1-5-21-6-2-11/h1-2,5,9-10,12,16,22H,3-4,7-8H2,(H,23,27). The van der Waals surface area contributed by atoms with Crippen LogP contribution in [0.2, 0.25) is 0 Å². The quantitative estimate of drug-likeness (QED) is 0.699. The Morgan fingerprint density at radius 2 is 2.21 bits per heavy atom. The van der Waals surface area contributed by atoms with Crippen LogP contribution >= 0.6 is 0 Å². The molecular weight excluding hydrogens is 370 g/mol. The zero-order valence-electron chi connectivity index (χ0n) is 14.7. The first-order valence-corrected chi connectivity index (χ1v) is 8.79. The van der Waals surface area contributed by atoms with Crippen molar-refractivity contribution in [3.63, 3.8) is 0 Å². The molecule has 1 aliphatic rings. The number of nitrogens with zero attached hydrogens (tertiary/aromatic N) is 4. The maximum absolute atomic E-state index is 13.4. The second-order valence-electron chi connectivity index (χ2n) is 6.36. The topological polar surface area (TPSA) is 97.9 Å². The number of piperidine rings is 1. The van der Waals surface area contributed by atoms with Crippen molar-refractivity contribution in [2.45, 2.75) is 25.3 Å². The van der Waals surface area contributed by atoms with E-state index in [0.717, 1.165) is 25.9 Å². The summed E-state index contributed by atoms with van der Waals surface area (Å²) in [6.45, 7) is 1.59. The fourth-order valence-electron chi connectivity index (χ4n) is 3.07. The molecule has 2 N–H and O–H groups in total. The molecule has 1 saturated heterocycles. The Hall–Kier alpha value is -3.14. The minimum Gasteiger partial charge on any atom is -0.444 e. The van der Waals surface area contributed by atoms with Crippen LogP contribution in [-0.4, -0.2) is 38.7 Å². The van der Waals surface area contributed by atoms with Gasteiger partial charge in [0.05, 0.1) is 17.9 Å².